The highest BCUT2D eigenvalue weighted by Gasteiger charge is 2.40. The van der Waals surface area contributed by atoms with Crippen molar-refractivity contribution >= 4 is 10.0 Å². The Bertz CT molecular complexity index is 661. The number of aryl methyl sites for hydroxylation is 1. The van der Waals surface area contributed by atoms with E-state index in [0.717, 1.165) is 5.56 Å². The predicted molar refractivity (Wildman–Crippen MR) is 53.6 cm³/mol. The predicted octanol–water partition coefficient (Wildman–Crippen LogP) is -2.47. The van der Waals surface area contributed by atoms with Crippen molar-refractivity contribution in [1.82, 2.24) is 3.97 Å². The summed E-state index contributed by atoms with van der Waals surface area (Å²) in [7, 11) is -1.51. The summed E-state index contributed by atoms with van der Waals surface area (Å²) in [5, 5.41) is 0. The molecule has 6 heteroatoms. The normalized spacial score (nSPS) is 15.1. The van der Waals surface area contributed by atoms with Gasteiger partial charge in [-0.25, -0.2) is 4.57 Å². The van der Waals surface area contributed by atoms with Crippen LogP contribution in [0.1, 0.15) is 0 Å². The monoisotopic (exact) mass is 256 g/mol. The smallest absolute Gasteiger partial charge is 0.336 e. The van der Waals surface area contributed by atoms with E-state index in [4.69, 9.17) is 0 Å². The van der Waals surface area contributed by atoms with E-state index in [-0.39, 0.29) is 12.4 Å². The molecule has 3 rings (SSSR count). The second-order valence-electron chi connectivity index (χ2n) is 3.53. The Labute approximate surface area is 99.6 Å². The SMILES string of the molecule is C[n+]1ccn2c1-c1ccccc1S2(=O)=O.[Cl-]. The number of benzene rings is 1. The van der Waals surface area contributed by atoms with Crippen LogP contribution in [0.2, 0.25) is 0 Å². The van der Waals surface area contributed by atoms with Crippen molar-refractivity contribution in [2.24, 2.45) is 7.05 Å². The maximum atomic E-state index is 12.0. The minimum Gasteiger partial charge on any atom is -1.00 e. The molecule has 0 amide bonds. The molecule has 0 bridgehead atoms. The van der Waals surface area contributed by atoms with Gasteiger partial charge in [-0.15, -0.1) is 3.97 Å². The number of fused-ring (bicyclic) bond motifs is 3. The van der Waals surface area contributed by atoms with Gasteiger partial charge in [0.25, 0.3) is 0 Å². The molecule has 0 N–H and O–H groups in total. The van der Waals surface area contributed by atoms with Crippen LogP contribution in [0.15, 0.2) is 41.6 Å². The average Bonchev–Trinajstić information content (AvgIpc) is 2.69. The van der Waals surface area contributed by atoms with Crippen LogP contribution in [-0.2, 0) is 17.1 Å². The summed E-state index contributed by atoms with van der Waals surface area (Å²) in [6.07, 6.45) is 3.31. The average molecular weight is 257 g/mol. The summed E-state index contributed by atoms with van der Waals surface area (Å²) in [6.45, 7) is 0. The lowest BCUT2D eigenvalue weighted by Crippen LogP contribution is -3.00. The minimum absolute atomic E-state index is 0. The topological polar surface area (TPSA) is 43.0 Å². The van der Waals surface area contributed by atoms with Crippen molar-refractivity contribution in [3.8, 4) is 11.4 Å². The molecule has 0 saturated carbocycles. The third-order valence-electron chi connectivity index (χ3n) is 2.63. The molecule has 0 spiro atoms. The van der Waals surface area contributed by atoms with Crippen LogP contribution < -0.4 is 17.0 Å². The van der Waals surface area contributed by atoms with Crippen LogP contribution in [0.4, 0.5) is 0 Å². The van der Waals surface area contributed by atoms with Gasteiger partial charge in [0.1, 0.15) is 17.3 Å². The van der Waals surface area contributed by atoms with E-state index >= 15 is 0 Å². The number of rotatable bonds is 0. The van der Waals surface area contributed by atoms with Crippen molar-refractivity contribution in [1.29, 1.82) is 0 Å². The van der Waals surface area contributed by atoms with Crippen LogP contribution >= 0.6 is 0 Å². The zero-order chi connectivity index (χ0) is 10.6. The molecule has 1 aromatic carbocycles. The van der Waals surface area contributed by atoms with Crippen molar-refractivity contribution in [3.63, 3.8) is 0 Å². The first-order chi connectivity index (χ1) is 7.12. The summed E-state index contributed by atoms with van der Waals surface area (Å²) >= 11 is 0. The van der Waals surface area contributed by atoms with Gasteiger partial charge in [0, 0.05) is 0 Å². The molecule has 2 aromatic rings. The number of hydrogen-bond donors (Lipinski definition) is 0. The Hall–Kier alpha value is -1.33. The second-order valence-corrected chi connectivity index (χ2v) is 5.31. The number of halogens is 1. The molecule has 0 atom stereocenters. The Balaban J connectivity index is 0.000000963. The zero-order valence-electron chi connectivity index (χ0n) is 8.46. The number of nitrogens with zero attached hydrogens (tertiary/aromatic N) is 2. The molecule has 4 nitrogen and oxygen atoms in total. The van der Waals surface area contributed by atoms with Gasteiger partial charge in [0.15, 0.2) is 0 Å². The molecule has 0 radical (unpaired) electrons. The van der Waals surface area contributed by atoms with Gasteiger partial charge in [-0.3, -0.25) is 0 Å². The molecule has 16 heavy (non-hydrogen) atoms. The highest BCUT2D eigenvalue weighted by Crippen LogP contribution is 2.34. The van der Waals surface area contributed by atoms with Crippen molar-refractivity contribution < 1.29 is 25.4 Å². The third-order valence-corrected chi connectivity index (χ3v) is 4.36. The Kier molecular flexibility index (Phi) is 2.32. The lowest BCUT2D eigenvalue weighted by atomic mass is 10.2. The van der Waals surface area contributed by atoms with Crippen LogP contribution in [0.3, 0.4) is 0 Å². The Morgan fingerprint density at radius 3 is 2.69 bits per heavy atom. The molecule has 84 valence electrons. The van der Waals surface area contributed by atoms with Gasteiger partial charge >= 0.3 is 15.8 Å². The number of imidazole rings is 1. The molecular formula is C10H9ClN2O2S. The summed E-state index contributed by atoms with van der Waals surface area (Å²) in [4.78, 5) is 0.385. The molecule has 0 unspecified atom stereocenters. The van der Waals surface area contributed by atoms with Gasteiger partial charge in [-0.1, -0.05) is 12.1 Å². The quantitative estimate of drug-likeness (QED) is 0.419. The Morgan fingerprint density at radius 1 is 1.25 bits per heavy atom. The number of hydrogen-bond acceptors (Lipinski definition) is 2. The first kappa shape index (κ1) is 11.2. The summed E-state index contributed by atoms with van der Waals surface area (Å²) in [6, 6.07) is 7.04. The van der Waals surface area contributed by atoms with Crippen LogP contribution in [0.25, 0.3) is 11.4 Å². The highest BCUT2D eigenvalue weighted by molar-refractivity contribution is 7.90. The third kappa shape index (κ3) is 1.15. The standard InChI is InChI=1S/C10H9N2O2S.ClH/c1-11-6-7-12-10(11)8-4-2-3-5-9(8)15(12,13)14;/h2-7H,1H3;1H/q+1;/p-1. The van der Waals surface area contributed by atoms with E-state index in [1.54, 1.807) is 24.5 Å². The maximum absolute atomic E-state index is 12.0. The van der Waals surface area contributed by atoms with Crippen LogP contribution in [0.5, 0.6) is 0 Å². The molecule has 1 aliphatic rings. The molecule has 0 saturated heterocycles. The molecule has 1 aromatic heterocycles. The summed E-state index contributed by atoms with van der Waals surface area (Å²) in [5.74, 6) is 0.714. The van der Waals surface area contributed by atoms with E-state index in [0.29, 0.717) is 10.7 Å². The van der Waals surface area contributed by atoms with E-state index in [9.17, 15) is 8.42 Å². The van der Waals surface area contributed by atoms with Gasteiger partial charge in [-0.2, -0.15) is 8.42 Å². The fourth-order valence-corrected chi connectivity index (χ4v) is 3.51. The molecule has 0 aliphatic carbocycles. The molecule has 1 aliphatic heterocycles. The summed E-state index contributed by atoms with van der Waals surface area (Å²) < 4.78 is 27.2. The van der Waals surface area contributed by atoms with Crippen molar-refractivity contribution in [2.75, 3.05) is 0 Å². The van der Waals surface area contributed by atoms with Crippen LogP contribution in [-0.4, -0.2) is 12.4 Å². The zero-order valence-corrected chi connectivity index (χ0v) is 10.0. The fraction of sp³-hybridized carbons (Fsp3) is 0.100. The van der Waals surface area contributed by atoms with Gasteiger partial charge in [-0.05, 0) is 12.1 Å². The molecular weight excluding hydrogens is 248 g/mol. The van der Waals surface area contributed by atoms with Gasteiger partial charge in [0.05, 0.1) is 12.6 Å². The molecule has 0 fully saturated rings. The van der Waals surface area contributed by atoms with Gasteiger partial charge < -0.3 is 12.4 Å². The lowest BCUT2D eigenvalue weighted by Gasteiger charge is -1.92. The van der Waals surface area contributed by atoms with E-state index in [1.165, 1.54) is 3.97 Å². The van der Waals surface area contributed by atoms with E-state index in [1.807, 2.05) is 23.7 Å². The summed E-state index contributed by atoms with van der Waals surface area (Å²) in [5.41, 5.74) is 0.769. The largest absolute Gasteiger partial charge is 1.00 e. The number of aromatic nitrogens is 2. The van der Waals surface area contributed by atoms with Crippen LogP contribution in [0, 0.1) is 0 Å². The van der Waals surface area contributed by atoms with Crippen molar-refractivity contribution in [3.05, 3.63) is 36.7 Å². The van der Waals surface area contributed by atoms with E-state index < -0.39 is 10.0 Å². The fourth-order valence-electron chi connectivity index (χ4n) is 1.94. The van der Waals surface area contributed by atoms with Crippen molar-refractivity contribution in [2.45, 2.75) is 4.90 Å². The minimum atomic E-state index is -3.35. The first-order valence-corrected chi connectivity index (χ1v) is 5.98. The van der Waals surface area contributed by atoms with Gasteiger partial charge in [0.2, 0.25) is 0 Å². The maximum Gasteiger partial charge on any atom is 0.336 e. The highest BCUT2D eigenvalue weighted by atomic mass is 35.5. The first-order valence-electron chi connectivity index (χ1n) is 4.54. The molecule has 2 heterocycles. The lowest BCUT2D eigenvalue weighted by molar-refractivity contribution is -0.659. The van der Waals surface area contributed by atoms with E-state index in [2.05, 4.69) is 0 Å². The Morgan fingerprint density at radius 2 is 1.94 bits per heavy atom. The second kappa shape index (κ2) is 3.33.